The quantitative estimate of drug-likeness (QED) is 0.346. The van der Waals surface area contributed by atoms with Crippen LogP contribution in [0, 0.1) is 5.92 Å². The first-order valence-electron chi connectivity index (χ1n) is 7.05. The van der Waals surface area contributed by atoms with Crippen LogP contribution in [0.25, 0.3) is 0 Å². The van der Waals surface area contributed by atoms with Crippen molar-refractivity contribution >= 4 is 19.8 Å². The molecule has 0 aromatic carbocycles. The van der Waals surface area contributed by atoms with Crippen LogP contribution in [-0.4, -0.2) is 42.8 Å². The Labute approximate surface area is 130 Å². The van der Waals surface area contributed by atoms with E-state index < -0.39 is 32.5 Å². The molecule has 0 heterocycles. The fourth-order valence-electron chi connectivity index (χ4n) is 1.45. The maximum absolute atomic E-state index is 11.6. The summed E-state index contributed by atoms with van der Waals surface area (Å²) in [7, 11) is -4.23. The molecule has 0 spiro atoms. The van der Waals surface area contributed by atoms with Crippen molar-refractivity contribution in [1.29, 1.82) is 0 Å². The van der Waals surface area contributed by atoms with Crippen LogP contribution in [0.3, 0.4) is 0 Å². The zero-order chi connectivity index (χ0) is 17.2. The molecule has 1 unspecified atom stereocenters. The summed E-state index contributed by atoms with van der Waals surface area (Å²) >= 11 is 0. The number of ether oxygens (including phenoxy) is 2. The summed E-state index contributed by atoms with van der Waals surface area (Å²) in [5, 5.41) is 0. The van der Waals surface area contributed by atoms with Crippen molar-refractivity contribution in [3.8, 4) is 0 Å². The van der Waals surface area contributed by atoms with Crippen molar-refractivity contribution in [3.63, 3.8) is 0 Å². The van der Waals surface area contributed by atoms with Gasteiger partial charge < -0.3 is 14.4 Å². The molecule has 2 atom stereocenters. The third kappa shape index (κ3) is 12.8. The van der Waals surface area contributed by atoms with Gasteiger partial charge in [-0.25, -0.2) is 4.57 Å². The van der Waals surface area contributed by atoms with E-state index in [0.717, 1.165) is 6.42 Å². The van der Waals surface area contributed by atoms with E-state index in [0.29, 0.717) is 12.3 Å². The Bertz CT molecular complexity index is 396. The first-order valence-corrected chi connectivity index (χ1v) is 8.54. The van der Waals surface area contributed by atoms with Gasteiger partial charge in [-0.1, -0.05) is 13.8 Å². The Morgan fingerprint density at radius 2 is 1.73 bits per heavy atom. The Hall–Kier alpha value is -0.950. The molecule has 0 aromatic rings. The highest BCUT2D eigenvalue weighted by Gasteiger charge is 2.25. The van der Waals surface area contributed by atoms with E-state index in [9.17, 15) is 19.0 Å². The molecule has 0 fully saturated rings. The van der Waals surface area contributed by atoms with Crippen LogP contribution in [0.5, 0.6) is 0 Å². The smallest absolute Gasteiger partial charge is 0.462 e. The maximum atomic E-state index is 11.6. The lowest BCUT2D eigenvalue weighted by Gasteiger charge is -2.18. The molecule has 0 saturated heterocycles. The van der Waals surface area contributed by atoms with Crippen LogP contribution in [0.1, 0.15) is 40.5 Å². The lowest BCUT2D eigenvalue weighted by molar-refractivity contribution is -0.158. The van der Waals surface area contributed by atoms with E-state index in [1.807, 2.05) is 13.8 Å². The van der Waals surface area contributed by atoms with Crippen molar-refractivity contribution in [3.05, 3.63) is 0 Å². The van der Waals surface area contributed by atoms with Gasteiger partial charge in [0.15, 0.2) is 6.10 Å². The molecule has 9 heteroatoms. The Balaban J connectivity index is 4.20. The van der Waals surface area contributed by atoms with Crippen molar-refractivity contribution < 1.29 is 37.6 Å². The van der Waals surface area contributed by atoms with Crippen LogP contribution in [0.15, 0.2) is 0 Å². The predicted molar refractivity (Wildman–Crippen MR) is 78.0 cm³/mol. The zero-order valence-corrected chi connectivity index (χ0v) is 14.3. The van der Waals surface area contributed by atoms with Gasteiger partial charge in [-0.2, -0.15) is 0 Å². The standard InChI is InChI=1S/C13H25O8P/c1-10(2)6-5-7-19-22(16,17)20-9-13(21-12(4)15)8-18-11(3)14/h10,13H,5-9H2,1-4H3,(H,16,17)/t13-/m1/s1. The molecule has 0 amide bonds. The highest BCUT2D eigenvalue weighted by Crippen LogP contribution is 2.43. The minimum absolute atomic E-state index is 0.0914. The van der Waals surface area contributed by atoms with Gasteiger partial charge in [0.1, 0.15) is 6.61 Å². The molecule has 0 saturated carbocycles. The summed E-state index contributed by atoms with van der Waals surface area (Å²) < 4.78 is 30.7. The van der Waals surface area contributed by atoms with E-state index >= 15 is 0 Å². The molecule has 1 N–H and O–H groups in total. The van der Waals surface area contributed by atoms with Crippen LogP contribution >= 0.6 is 7.82 Å². The van der Waals surface area contributed by atoms with Crippen LogP contribution in [0.4, 0.5) is 0 Å². The average molecular weight is 340 g/mol. The van der Waals surface area contributed by atoms with E-state index in [-0.39, 0.29) is 13.2 Å². The third-order valence-corrected chi connectivity index (χ3v) is 3.39. The third-order valence-electron chi connectivity index (χ3n) is 2.41. The molecule has 0 aliphatic heterocycles. The number of phosphoric acid groups is 1. The molecular weight excluding hydrogens is 315 g/mol. The van der Waals surface area contributed by atoms with Crippen LogP contribution < -0.4 is 0 Å². The SMILES string of the molecule is CC(=O)OC[C@H](COP(=O)(O)OCCCC(C)C)OC(C)=O. The van der Waals surface area contributed by atoms with E-state index in [1.54, 1.807) is 0 Å². The molecule has 0 aliphatic carbocycles. The molecular formula is C13H25O8P. The van der Waals surface area contributed by atoms with Gasteiger partial charge in [-0.05, 0) is 18.8 Å². The molecule has 0 aromatic heterocycles. The summed E-state index contributed by atoms with van der Waals surface area (Å²) in [4.78, 5) is 31.2. The zero-order valence-electron chi connectivity index (χ0n) is 13.4. The van der Waals surface area contributed by atoms with Crippen LogP contribution in [0.2, 0.25) is 0 Å². The van der Waals surface area contributed by atoms with Gasteiger partial charge in [0.05, 0.1) is 13.2 Å². The first-order chi connectivity index (χ1) is 10.1. The summed E-state index contributed by atoms with van der Waals surface area (Å²) in [6, 6.07) is 0. The van der Waals surface area contributed by atoms with Gasteiger partial charge >= 0.3 is 19.8 Å². The van der Waals surface area contributed by atoms with Gasteiger partial charge in [0.25, 0.3) is 0 Å². The highest BCUT2D eigenvalue weighted by molar-refractivity contribution is 7.47. The van der Waals surface area contributed by atoms with Crippen molar-refractivity contribution in [2.24, 2.45) is 5.92 Å². The summed E-state index contributed by atoms with van der Waals surface area (Å²) in [5.74, 6) is -0.708. The fraction of sp³-hybridized carbons (Fsp3) is 0.846. The van der Waals surface area contributed by atoms with E-state index in [1.165, 1.54) is 13.8 Å². The highest BCUT2D eigenvalue weighted by atomic mass is 31.2. The van der Waals surface area contributed by atoms with Crippen molar-refractivity contribution in [2.45, 2.75) is 46.6 Å². The number of esters is 2. The number of phosphoric ester groups is 1. The second-order valence-corrected chi connectivity index (χ2v) is 6.62. The number of hydrogen-bond acceptors (Lipinski definition) is 7. The number of carbonyl (C=O) groups excluding carboxylic acids is 2. The number of hydrogen-bond donors (Lipinski definition) is 1. The van der Waals surface area contributed by atoms with Crippen molar-refractivity contribution in [1.82, 2.24) is 0 Å². The molecule has 0 rings (SSSR count). The summed E-state index contributed by atoms with van der Waals surface area (Å²) in [5.41, 5.74) is 0. The van der Waals surface area contributed by atoms with Gasteiger partial charge in [0.2, 0.25) is 0 Å². The summed E-state index contributed by atoms with van der Waals surface area (Å²) in [6.45, 7) is 5.85. The van der Waals surface area contributed by atoms with E-state index in [4.69, 9.17) is 13.8 Å². The molecule has 0 aliphatic rings. The van der Waals surface area contributed by atoms with Crippen molar-refractivity contribution in [2.75, 3.05) is 19.8 Å². The number of rotatable bonds is 11. The Morgan fingerprint density at radius 1 is 1.09 bits per heavy atom. The van der Waals surface area contributed by atoms with Gasteiger partial charge in [0, 0.05) is 13.8 Å². The second kappa shape index (κ2) is 10.7. The minimum atomic E-state index is -4.23. The molecule has 0 radical (unpaired) electrons. The molecule has 22 heavy (non-hydrogen) atoms. The maximum Gasteiger partial charge on any atom is 0.472 e. The Kier molecular flexibility index (Phi) is 10.3. The van der Waals surface area contributed by atoms with Crippen LogP contribution in [-0.2, 0) is 32.7 Å². The predicted octanol–water partition coefficient (Wildman–Crippen LogP) is 2.05. The lowest BCUT2D eigenvalue weighted by Crippen LogP contribution is -2.28. The molecule has 8 nitrogen and oxygen atoms in total. The molecule has 130 valence electrons. The first kappa shape index (κ1) is 21.0. The Morgan fingerprint density at radius 3 is 2.23 bits per heavy atom. The fourth-order valence-corrected chi connectivity index (χ4v) is 2.24. The van der Waals surface area contributed by atoms with E-state index in [2.05, 4.69) is 4.74 Å². The summed E-state index contributed by atoms with van der Waals surface area (Å²) in [6.07, 6.45) is 0.524. The molecule has 0 bridgehead atoms. The monoisotopic (exact) mass is 340 g/mol. The largest absolute Gasteiger partial charge is 0.472 e. The normalized spacial score (nSPS) is 15.2. The topological polar surface area (TPSA) is 108 Å². The minimum Gasteiger partial charge on any atom is -0.462 e. The average Bonchev–Trinajstić information content (AvgIpc) is 2.37. The second-order valence-electron chi connectivity index (χ2n) is 5.17. The van der Waals surface area contributed by atoms with Gasteiger partial charge in [-0.15, -0.1) is 0 Å². The number of carbonyl (C=O) groups is 2. The lowest BCUT2D eigenvalue weighted by atomic mass is 10.1. The van der Waals surface area contributed by atoms with Gasteiger partial charge in [-0.3, -0.25) is 18.6 Å².